The Morgan fingerprint density at radius 2 is 1.62 bits per heavy atom. The van der Waals surface area contributed by atoms with Crippen LogP contribution in [-0.2, 0) is 11.4 Å². The Bertz CT molecular complexity index is 1450. The van der Waals surface area contributed by atoms with Gasteiger partial charge in [0.2, 0.25) is 0 Å². The molecule has 10 heteroatoms. The van der Waals surface area contributed by atoms with E-state index < -0.39 is 0 Å². The summed E-state index contributed by atoms with van der Waals surface area (Å²) in [4.78, 5) is 22.6. The summed E-state index contributed by atoms with van der Waals surface area (Å²) in [7, 11) is 0. The summed E-state index contributed by atoms with van der Waals surface area (Å²) < 4.78 is 5.87. The molecule has 0 unspecified atom stereocenters. The van der Waals surface area contributed by atoms with E-state index in [0.29, 0.717) is 48.0 Å². The molecule has 0 aromatic heterocycles. The lowest BCUT2D eigenvalue weighted by atomic mass is 10.1. The van der Waals surface area contributed by atoms with E-state index in [1.807, 2.05) is 19.1 Å². The van der Waals surface area contributed by atoms with Gasteiger partial charge in [-0.05, 0) is 98.1 Å². The number of carbonyl (C=O) groups excluding carboxylic acids is 1. The van der Waals surface area contributed by atoms with Gasteiger partial charge in [-0.15, -0.1) is 0 Å². The highest BCUT2D eigenvalue weighted by molar-refractivity contribution is 8.18. The molecule has 2 fully saturated rings. The summed E-state index contributed by atoms with van der Waals surface area (Å²) in [6.45, 7) is 4.80. The summed E-state index contributed by atoms with van der Waals surface area (Å²) in [5, 5.41) is 2.34. The van der Waals surface area contributed by atoms with Crippen molar-refractivity contribution in [3.8, 4) is 5.75 Å². The normalized spacial score (nSPS) is 17.8. The molecule has 0 N–H and O–H groups in total. The molecule has 0 saturated carbocycles. The van der Waals surface area contributed by atoms with Crippen molar-refractivity contribution in [3.05, 3.63) is 90.7 Å². The minimum Gasteiger partial charge on any atom is -0.486 e. The number of halogens is 4. The van der Waals surface area contributed by atoms with Crippen molar-refractivity contribution in [2.45, 2.75) is 32.8 Å². The van der Waals surface area contributed by atoms with E-state index in [1.165, 1.54) is 36.7 Å². The predicted octanol–water partition coefficient (Wildman–Crippen LogP) is 9.49. The van der Waals surface area contributed by atoms with Gasteiger partial charge in [-0.3, -0.25) is 9.69 Å². The third-order valence-electron chi connectivity index (χ3n) is 6.71. The second-order valence-corrected chi connectivity index (χ2v) is 12.1. The Balaban J connectivity index is 1.32. The summed E-state index contributed by atoms with van der Waals surface area (Å²) in [6, 6.07) is 16.8. The molecular formula is C30H27Cl4N3O2S. The average Bonchev–Trinajstić information content (AvgIpc) is 3.23. The van der Waals surface area contributed by atoms with Crippen molar-refractivity contribution >= 4 is 86.7 Å². The highest BCUT2D eigenvalue weighted by Gasteiger charge is 2.32. The first-order chi connectivity index (χ1) is 19.3. The zero-order valence-electron chi connectivity index (χ0n) is 21.8. The third kappa shape index (κ3) is 6.75. The molecule has 2 aliphatic heterocycles. The van der Waals surface area contributed by atoms with Crippen LogP contribution >= 0.6 is 58.2 Å². The smallest absolute Gasteiger partial charge is 0.266 e. The van der Waals surface area contributed by atoms with E-state index in [9.17, 15) is 4.79 Å². The molecule has 5 rings (SSSR count). The first-order valence-corrected chi connectivity index (χ1v) is 15.4. The first-order valence-electron chi connectivity index (χ1n) is 13.0. The summed E-state index contributed by atoms with van der Waals surface area (Å²) in [6.07, 6.45) is 5.53. The van der Waals surface area contributed by atoms with Gasteiger partial charge in [0.15, 0.2) is 10.9 Å². The van der Waals surface area contributed by atoms with Gasteiger partial charge in [-0.2, -0.15) is 0 Å². The lowest BCUT2D eigenvalue weighted by molar-refractivity contribution is -0.122. The fourth-order valence-electron chi connectivity index (χ4n) is 4.61. The second-order valence-electron chi connectivity index (χ2n) is 9.46. The fourth-order valence-corrected chi connectivity index (χ4v) is 6.75. The molecule has 3 aromatic rings. The first kappa shape index (κ1) is 29.2. The average molecular weight is 635 g/mol. The van der Waals surface area contributed by atoms with Gasteiger partial charge in [-0.25, -0.2) is 4.99 Å². The number of hydrogen-bond donors (Lipinski definition) is 0. The van der Waals surface area contributed by atoms with Crippen LogP contribution < -0.4 is 9.64 Å². The van der Waals surface area contributed by atoms with Crippen LogP contribution in [0.3, 0.4) is 0 Å². The van der Waals surface area contributed by atoms with Gasteiger partial charge in [0.05, 0.1) is 20.6 Å². The standard InChI is InChI=1S/C30H27Cl4N3O2S/c1-2-37-29(38)27(40-30(37)35-22-8-10-23(11-9-22)36-12-4-3-5-13-36)16-19-14-25(33)28(26(34)15-19)39-18-20-6-7-21(31)17-24(20)32/h6-11,14-17H,2-5,12-13,18H2,1H3/b27-16-,35-30?. The number of carbonyl (C=O) groups is 1. The molecule has 40 heavy (non-hydrogen) atoms. The highest BCUT2D eigenvalue weighted by Crippen LogP contribution is 2.39. The number of ether oxygens (including phenoxy) is 1. The Morgan fingerprint density at radius 1 is 0.925 bits per heavy atom. The van der Waals surface area contributed by atoms with Crippen LogP contribution in [0.15, 0.2) is 64.5 Å². The van der Waals surface area contributed by atoms with E-state index in [4.69, 9.17) is 56.1 Å². The number of hydrogen-bond acceptors (Lipinski definition) is 5. The number of rotatable bonds is 7. The third-order valence-corrected chi connectivity index (χ3v) is 8.86. The van der Waals surface area contributed by atoms with Crippen molar-refractivity contribution in [2.75, 3.05) is 24.5 Å². The number of likely N-dealkylation sites (N-methyl/N-ethyl adjacent to an activating group) is 1. The number of benzene rings is 3. The van der Waals surface area contributed by atoms with Crippen LogP contribution in [-0.4, -0.2) is 35.6 Å². The lowest BCUT2D eigenvalue weighted by Crippen LogP contribution is -2.29. The van der Waals surface area contributed by atoms with Crippen LogP contribution in [0.2, 0.25) is 20.1 Å². The molecular weight excluding hydrogens is 608 g/mol. The molecule has 2 saturated heterocycles. The summed E-state index contributed by atoms with van der Waals surface area (Å²) >= 11 is 26.6. The van der Waals surface area contributed by atoms with E-state index >= 15 is 0 Å². The number of aliphatic imine (C=N–C) groups is 1. The molecule has 0 atom stereocenters. The fraction of sp³-hybridized carbons (Fsp3) is 0.267. The maximum absolute atomic E-state index is 13.2. The molecule has 2 heterocycles. The van der Waals surface area contributed by atoms with Crippen LogP contribution in [0.25, 0.3) is 6.08 Å². The minimum atomic E-state index is -0.110. The largest absolute Gasteiger partial charge is 0.486 e. The molecule has 0 spiro atoms. The lowest BCUT2D eigenvalue weighted by Gasteiger charge is -2.28. The Kier molecular flexibility index (Phi) is 9.54. The van der Waals surface area contributed by atoms with Gasteiger partial charge in [0.1, 0.15) is 6.61 Å². The highest BCUT2D eigenvalue weighted by atomic mass is 35.5. The molecule has 0 radical (unpaired) electrons. The van der Waals surface area contributed by atoms with Crippen LogP contribution in [0.5, 0.6) is 5.75 Å². The topological polar surface area (TPSA) is 45.1 Å². The zero-order valence-corrected chi connectivity index (χ0v) is 25.6. The number of amides is 1. The summed E-state index contributed by atoms with van der Waals surface area (Å²) in [5.41, 5.74) is 3.46. The molecule has 5 nitrogen and oxygen atoms in total. The van der Waals surface area contributed by atoms with Gasteiger partial charge in [0, 0.05) is 40.9 Å². The quantitative estimate of drug-likeness (QED) is 0.243. The van der Waals surface area contributed by atoms with Crippen LogP contribution in [0.1, 0.15) is 37.3 Å². The summed E-state index contributed by atoms with van der Waals surface area (Å²) in [5.74, 6) is 0.230. The van der Waals surface area contributed by atoms with E-state index in [0.717, 1.165) is 24.3 Å². The number of thioether (sulfide) groups is 1. The predicted molar refractivity (Wildman–Crippen MR) is 170 cm³/mol. The Labute approximate surface area is 258 Å². The molecule has 2 aliphatic rings. The monoisotopic (exact) mass is 633 g/mol. The van der Waals surface area contributed by atoms with Crippen molar-refractivity contribution in [1.82, 2.24) is 4.90 Å². The molecule has 0 aliphatic carbocycles. The van der Waals surface area contributed by atoms with Gasteiger partial charge >= 0.3 is 0 Å². The van der Waals surface area contributed by atoms with Crippen molar-refractivity contribution < 1.29 is 9.53 Å². The molecule has 3 aromatic carbocycles. The Morgan fingerprint density at radius 3 is 2.27 bits per heavy atom. The van der Waals surface area contributed by atoms with E-state index in [2.05, 4.69) is 17.0 Å². The van der Waals surface area contributed by atoms with E-state index in [-0.39, 0.29) is 12.5 Å². The number of nitrogens with zero attached hydrogens (tertiary/aromatic N) is 3. The maximum Gasteiger partial charge on any atom is 0.266 e. The van der Waals surface area contributed by atoms with E-state index in [1.54, 1.807) is 41.3 Å². The number of piperidine rings is 1. The number of anilines is 1. The molecule has 1 amide bonds. The minimum absolute atomic E-state index is 0.110. The van der Waals surface area contributed by atoms with Crippen molar-refractivity contribution in [2.24, 2.45) is 4.99 Å². The molecule has 208 valence electrons. The molecule has 0 bridgehead atoms. The SMILES string of the molecule is CCN1C(=O)/C(=C/c2cc(Cl)c(OCc3ccc(Cl)cc3Cl)c(Cl)c2)SC1=Nc1ccc(N2CCCCC2)cc1. The van der Waals surface area contributed by atoms with Gasteiger partial charge in [-0.1, -0.05) is 52.5 Å². The maximum atomic E-state index is 13.2. The Hall–Kier alpha value is -2.35. The zero-order chi connectivity index (χ0) is 28.2. The van der Waals surface area contributed by atoms with Crippen molar-refractivity contribution in [1.29, 1.82) is 0 Å². The van der Waals surface area contributed by atoms with Gasteiger partial charge in [0.25, 0.3) is 5.91 Å². The second kappa shape index (κ2) is 13.1. The van der Waals surface area contributed by atoms with Crippen LogP contribution in [0.4, 0.5) is 11.4 Å². The van der Waals surface area contributed by atoms with Gasteiger partial charge < -0.3 is 9.64 Å². The number of amidine groups is 1. The van der Waals surface area contributed by atoms with Crippen LogP contribution in [0, 0.1) is 0 Å². The van der Waals surface area contributed by atoms with Crippen molar-refractivity contribution in [3.63, 3.8) is 0 Å².